The second kappa shape index (κ2) is 9.39. The van der Waals surface area contributed by atoms with E-state index in [1.165, 1.54) is 43.3 Å². The van der Waals surface area contributed by atoms with E-state index < -0.39 is 0 Å². The van der Waals surface area contributed by atoms with E-state index >= 15 is 0 Å². The first-order valence-corrected chi connectivity index (χ1v) is 10.8. The van der Waals surface area contributed by atoms with Crippen LogP contribution in [0.5, 0.6) is 0 Å². The van der Waals surface area contributed by atoms with Crippen LogP contribution in [0.15, 0.2) is 53.7 Å². The van der Waals surface area contributed by atoms with Gasteiger partial charge in [0.25, 0.3) is 0 Å². The minimum atomic E-state index is -0.108. The van der Waals surface area contributed by atoms with Crippen LogP contribution in [0.4, 0.5) is 5.69 Å². The molecule has 0 spiro atoms. The second-order valence-corrected chi connectivity index (χ2v) is 8.25. The molecule has 1 N–H and O–H groups in total. The van der Waals surface area contributed by atoms with Crippen molar-refractivity contribution in [3.05, 3.63) is 59.1 Å². The Labute approximate surface area is 178 Å². The molecule has 1 fully saturated rings. The Morgan fingerprint density at radius 3 is 2.69 bits per heavy atom. The number of rotatable bonds is 7. The lowest BCUT2D eigenvalue weighted by molar-refractivity contribution is -0.113. The number of carbonyl (C=O) groups excluding carboxylic acids is 1. The lowest BCUT2D eigenvalue weighted by atomic mass is 10.2. The number of likely N-dealkylation sites (tertiary alicyclic amines) is 1. The Morgan fingerprint density at radius 1 is 1.14 bits per heavy atom. The molecule has 7 nitrogen and oxygen atoms in total. The number of anilines is 1. The fourth-order valence-electron chi connectivity index (χ4n) is 3.26. The zero-order valence-electron chi connectivity index (χ0n) is 15.8. The molecule has 29 heavy (non-hydrogen) atoms. The highest BCUT2D eigenvalue weighted by atomic mass is 35.5. The fourth-order valence-corrected chi connectivity index (χ4v) is 4.13. The molecule has 9 heteroatoms. The van der Waals surface area contributed by atoms with E-state index in [1.807, 2.05) is 24.3 Å². The van der Waals surface area contributed by atoms with Gasteiger partial charge in [0.05, 0.1) is 11.4 Å². The molecule has 0 saturated carbocycles. The van der Waals surface area contributed by atoms with Crippen molar-refractivity contribution in [1.29, 1.82) is 0 Å². The molecule has 1 amide bonds. The molecule has 2 aromatic carbocycles. The summed E-state index contributed by atoms with van der Waals surface area (Å²) in [6, 6.07) is 15.3. The number of halogens is 1. The van der Waals surface area contributed by atoms with Crippen LogP contribution < -0.4 is 5.32 Å². The number of tetrazole rings is 1. The normalized spacial score (nSPS) is 14.2. The molecule has 0 atom stereocenters. The maximum atomic E-state index is 12.3. The molecular weight excluding hydrogens is 408 g/mol. The molecule has 0 unspecified atom stereocenters. The van der Waals surface area contributed by atoms with Crippen LogP contribution in [0.3, 0.4) is 0 Å². The van der Waals surface area contributed by atoms with Gasteiger partial charge in [-0.2, -0.15) is 4.68 Å². The average molecular weight is 429 g/mol. The Morgan fingerprint density at radius 2 is 1.93 bits per heavy atom. The zero-order chi connectivity index (χ0) is 20.1. The number of thioether (sulfide) groups is 1. The van der Waals surface area contributed by atoms with Crippen LogP contribution in [-0.4, -0.2) is 49.9 Å². The third-order valence-electron chi connectivity index (χ3n) is 4.67. The van der Waals surface area contributed by atoms with E-state index in [1.54, 1.807) is 16.8 Å². The summed E-state index contributed by atoms with van der Waals surface area (Å²) in [5.41, 5.74) is 2.80. The molecular formula is C20H21ClN6OS. The predicted octanol–water partition coefficient (Wildman–Crippen LogP) is 3.64. The number of amides is 1. The van der Waals surface area contributed by atoms with E-state index in [9.17, 15) is 4.79 Å². The van der Waals surface area contributed by atoms with Crippen LogP contribution in [-0.2, 0) is 11.3 Å². The fraction of sp³-hybridized carbons (Fsp3) is 0.300. The molecule has 2 heterocycles. The number of aromatic nitrogens is 4. The van der Waals surface area contributed by atoms with Gasteiger partial charge in [-0.15, -0.1) is 5.10 Å². The second-order valence-electron chi connectivity index (χ2n) is 6.87. The average Bonchev–Trinajstić information content (AvgIpc) is 3.40. The highest BCUT2D eigenvalue weighted by Gasteiger charge is 2.13. The standard InChI is InChI=1S/C20H21ClN6OS/c21-16-4-3-5-18(12-16)27-20(23-24-25-27)29-14-19(28)22-17-8-6-15(7-9-17)13-26-10-1-2-11-26/h3-9,12H,1-2,10-11,13-14H2,(H,22,28). The molecule has 1 aliphatic heterocycles. The summed E-state index contributed by atoms with van der Waals surface area (Å²) >= 11 is 7.31. The van der Waals surface area contributed by atoms with Crippen molar-refractivity contribution in [1.82, 2.24) is 25.1 Å². The Kier molecular flexibility index (Phi) is 6.43. The molecule has 1 aromatic heterocycles. The van der Waals surface area contributed by atoms with E-state index in [0.29, 0.717) is 10.2 Å². The van der Waals surface area contributed by atoms with Gasteiger partial charge < -0.3 is 5.32 Å². The number of carbonyl (C=O) groups is 1. The Hall–Kier alpha value is -2.42. The first-order valence-electron chi connectivity index (χ1n) is 9.46. The summed E-state index contributed by atoms with van der Waals surface area (Å²) in [7, 11) is 0. The largest absolute Gasteiger partial charge is 0.325 e. The maximum Gasteiger partial charge on any atom is 0.234 e. The van der Waals surface area contributed by atoms with Crippen LogP contribution in [0, 0.1) is 0 Å². The van der Waals surface area contributed by atoms with E-state index in [4.69, 9.17) is 11.6 Å². The van der Waals surface area contributed by atoms with Gasteiger partial charge >= 0.3 is 0 Å². The van der Waals surface area contributed by atoms with Crippen molar-refractivity contribution >= 4 is 35.0 Å². The summed E-state index contributed by atoms with van der Waals surface area (Å²) in [6.45, 7) is 3.31. The van der Waals surface area contributed by atoms with Gasteiger partial charge in [-0.1, -0.05) is 41.6 Å². The van der Waals surface area contributed by atoms with Crippen LogP contribution in [0.25, 0.3) is 5.69 Å². The van der Waals surface area contributed by atoms with Crippen molar-refractivity contribution in [3.8, 4) is 5.69 Å². The van der Waals surface area contributed by atoms with Crippen molar-refractivity contribution in [2.24, 2.45) is 0 Å². The number of benzene rings is 2. The van der Waals surface area contributed by atoms with Gasteiger partial charge in [-0.25, -0.2) is 0 Å². The summed E-state index contributed by atoms with van der Waals surface area (Å²) in [4.78, 5) is 14.8. The predicted molar refractivity (Wildman–Crippen MR) is 114 cm³/mol. The van der Waals surface area contributed by atoms with E-state index in [2.05, 4.69) is 37.9 Å². The highest BCUT2D eigenvalue weighted by molar-refractivity contribution is 7.99. The van der Waals surface area contributed by atoms with Gasteiger partial charge in [0, 0.05) is 17.3 Å². The summed E-state index contributed by atoms with van der Waals surface area (Å²) in [5.74, 6) is 0.0964. The summed E-state index contributed by atoms with van der Waals surface area (Å²) in [5, 5.41) is 15.7. The van der Waals surface area contributed by atoms with Gasteiger partial charge in [0.15, 0.2) is 0 Å². The van der Waals surface area contributed by atoms with E-state index in [0.717, 1.165) is 17.9 Å². The molecule has 0 bridgehead atoms. The lowest BCUT2D eigenvalue weighted by Crippen LogP contribution is -2.18. The smallest absolute Gasteiger partial charge is 0.234 e. The molecule has 0 aliphatic carbocycles. The summed E-state index contributed by atoms with van der Waals surface area (Å²) < 4.78 is 1.57. The SMILES string of the molecule is O=C(CSc1nnnn1-c1cccc(Cl)c1)Nc1ccc(CN2CCCC2)cc1. The number of hydrogen-bond acceptors (Lipinski definition) is 6. The number of nitrogens with zero attached hydrogens (tertiary/aromatic N) is 5. The zero-order valence-corrected chi connectivity index (χ0v) is 17.4. The van der Waals surface area contributed by atoms with Gasteiger partial charge in [-0.05, 0) is 72.3 Å². The topological polar surface area (TPSA) is 75.9 Å². The molecule has 1 saturated heterocycles. The van der Waals surface area contributed by atoms with Crippen LogP contribution in [0.2, 0.25) is 5.02 Å². The van der Waals surface area contributed by atoms with Gasteiger partial charge in [0.2, 0.25) is 11.1 Å². The van der Waals surface area contributed by atoms with E-state index in [-0.39, 0.29) is 11.7 Å². The lowest BCUT2D eigenvalue weighted by Gasteiger charge is -2.14. The van der Waals surface area contributed by atoms with Gasteiger partial charge in [-0.3, -0.25) is 9.69 Å². The third kappa shape index (κ3) is 5.35. The van der Waals surface area contributed by atoms with Crippen LogP contribution >= 0.6 is 23.4 Å². The first-order chi connectivity index (χ1) is 14.2. The quantitative estimate of drug-likeness (QED) is 0.579. The van der Waals surface area contributed by atoms with Gasteiger partial charge in [0.1, 0.15) is 0 Å². The Bertz CT molecular complexity index is 971. The minimum absolute atomic E-state index is 0.108. The molecule has 3 aromatic rings. The van der Waals surface area contributed by atoms with Crippen molar-refractivity contribution in [2.45, 2.75) is 24.5 Å². The molecule has 4 rings (SSSR count). The summed E-state index contributed by atoms with van der Waals surface area (Å²) in [6.07, 6.45) is 2.57. The molecule has 1 aliphatic rings. The number of hydrogen-bond donors (Lipinski definition) is 1. The monoisotopic (exact) mass is 428 g/mol. The molecule has 150 valence electrons. The van der Waals surface area contributed by atoms with Crippen molar-refractivity contribution < 1.29 is 4.79 Å². The van der Waals surface area contributed by atoms with Crippen molar-refractivity contribution in [3.63, 3.8) is 0 Å². The third-order valence-corrected chi connectivity index (χ3v) is 5.82. The first kappa shape index (κ1) is 19.9. The minimum Gasteiger partial charge on any atom is -0.325 e. The highest BCUT2D eigenvalue weighted by Crippen LogP contribution is 2.21. The maximum absolute atomic E-state index is 12.3. The van der Waals surface area contributed by atoms with Crippen LogP contribution in [0.1, 0.15) is 18.4 Å². The van der Waals surface area contributed by atoms with Crippen molar-refractivity contribution in [2.75, 3.05) is 24.2 Å². The number of nitrogens with one attached hydrogen (secondary N) is 1. The Balaban J connectivity index is 1.31. The molecule has 0 radical (unpaired) electrons.